The van der Waals surface area contributed by atoms with Gasteiger partial charge in [-0.15, -0.1) is 0 Å². The van der Waals surface area contributed by atoms with Crippen molar-refractivity contribution in [2.24, 2.45) is 17.8 Å². The average Bonchev–Trinajstić information content (AvgIpc) is 3.35. The zero-order valence-corrected chi connectivity index (χ0v) is 18.7. The van der Waals surface area contributed by atoms with Gasteiger partial charge in [-0.05, 0) is 11.8 Å². The maximum absolute atomic E-state index is 12.3. The number of hydrogen-bond donors (Lipinski definition) is 1. The first-order valence-electron chi connectivity index (χ1n) is 10.7. The quantitative estimate of drug-likeness (QED) is 0.342. The maximum atomic E-state index is 12.3. The van der Waals surface area contributed by atoms with Crippen LogP contribution in [0.1, 0.15) is 53.9 Å². The van der Waals surface area contributed by atoms with Crippen molar-refractivity contribution in [1.29, 1.82) is 0 Å². The van der Waals surface area contributed by atoms with Crippen LogP contribution in [0.4, 0.5) is 0 Å². The van der Waals surface area contributed by atoms with E-state index in [1.165, 1.54) is 13.2 Å². The largest absolute Gasteiger partial charge is 0.462 e. The fourth-order valence-electron chi connectivity index (χ4n) is 4.41. The highest BCUT2D eigenvalue weighted by Crippen LogP contribution is 2.59. The maximum Gasteiger partial charge on any atom is 0.309 e. The van der Waals surface area contributed by atoms with Crippen molar-refractivity contribution in [3.63, 3.8) is 0 Å². The van der Waals surface area contributed by atoms with Crippen LogP contribution in [0.5, 0.6) is 0 Å². The minimum absolute atomic E-state index is 0.0202. The molecule has 0 aromatic rings. The van der Waals surface area contributed by atoms with Crippen LogP contribution in [0.2, 0.25) is 0 Å². The molecule has 2 aliphatic heterocycles. The van der Waals surface area contributed by atoms with E-state index in [9.17, 15) is 19.5 Å². The summed E-state index contributed by atoms with van der Waals surface area (Å²) in [5.41, 5.74) is -2.30. The number of carbonyl (C=O) groups is 3. The van der Waals surface area contributed by atoms with Gasteiger partial charge < -0.3 is 28.8 Å². The molecule has 3 aliphatic rings. The first-order valence-corrected chi connectivity index (χ1v) is 10.7. The van der Waals surface area contributed by atoms with Crippen molar-refractivity contribution >= 4 is 17.9 Å². The van der Waals surface area contributed by atoms with E-state index >= 15 is 0 Å². The molecule has 1 aliphatic carbocycles. The van der Waals surface area contributed by atoms with Crippen LogP contribution in [0.3, 0.4) is 0 Å². The van der Waals surface area contributed by atoms with Gasteiger partial charge in [0, 0.05) is 31.8 Å². The van der Waals surface area contributed by atoms with Gasteiger partial charge >= 0.3 is 17.9 Å². The molecule has 1 saturated carbocycles. The Kier molecular flexibility index (Phi) is 6.67. The van der Waals surface area contributed by atoms with Crippen molar-refractivity contribution in [2.45, 2.75) is 77.5 Å². The molecule has 5 atom stereocenters. The summed E-state index contributed by atoms with van der Waals surface area (Å²) in [4.78, 5) is 36.0. The monoisotopic (exact) mass is 440 g/mol. The molecule has 0 aromatic heterocycles. The lowest BCUT2D eigenvalue weighted by molar-refractivity contribution is -0.208. The van der Waals surface area contributed by atoms with Crippen LogP contribution in [-0.2, 0) is 38.1 Å². The average molecular weight is 440 g/mol. The van der Waals surface area contributed by atoms with Gasteiger partial charge in [0.25, 0.3) is 6.29 Å². The molecule has 9 nitrogen and oxygen atoms in total. The Morgan fingerprint density at radius 3 is 2.29 bits per heavy atom. The van der Waals surface area contributed by atoms with E-state index in [0.29, 0.717) is 5.57 Å². The Balaban J connectivity index is 1.84. The number of esters is 3. The smallest absolute Gasteiger partial charge is 0.309 e. The Morgan fingerprint density at radius 2 is 1.74 bits per heavy atom. The van der Waals surface area contributed by atoms with Gasteiger partial charge in [-0.2, -0.15) is 0 Å². The van der Waals surface area contributed by atoms with Gasteiger partial charge in [-0.25, -0.2) is 0 Å². The minimum atomic E-state index is -1.59. The van der Waals surface area contributed by atoms with Crippen LogP contribution >= 0.6 is 0 Å². The standard InChI is InChI=1S/C22H32O9/c1-12(2)6-17(24)27-9-15-10-28-20(31-18(25)7-13(3)4)19-21(15,26)8-16(30-14(5)23)22(19)11-29-22/h10,12-13,16,19-20,26H,6-9,11H2,1-5H3/t16-,19-,20-,21?,22+/m0/s1. The van der Waals surface area contributed by atoms with Gasteiger partial charge in [0.05, 0.1) is 12.9 Å². The van der Waals surface area contributed by atoms with Crippen LogP contribution in [0.15, 0.2) is 11.8 Å². The highest BCUT2D eigenvalue weighted by Gasteiger charge is 2.76. The highest BCUT2D eigenvalue weighted by atomic mass is 16.7. The molecule has 3 rings (SSSR count). The molecule has 1 saturated heterocycles. The molecular weight excluding hydrogens is 408 g/mol. The minimum Gasteiger partial charge on any atom is -0.462 e. The summed E-state index contributed by atoms with van der Waals surface area (Å²) in [7, 11) is 0. The zero-order chi connectivity index (χ0) is 23.0. The van der Waals surface area contributed by atoms with Crippen LogP contribution in [0, 0.1) is 17.8 Å². The predicted octanol–water partition coefficient (Wildman–Crippen LogP) is 1.86. The summed E-state index contributed by atoms with van der Waals surface area (Å²) in [6.45, 7) is 8.90. The first kappa shape index (κ1) is 23.5. The first-order chi connectivity index (χ1) is 14.5. The highest BCUT2D eigenvalue weighted by molar-refractivity contribution is 5.70. The second kappa shape index (κ2) is 8.78. The molecule has 0 amide bonds. The van der Waals surface area contributed by atoms with Crippen molar-refractivity contribution in [1.82, 2.24) is 0 Å². The van der Waals surface area contributed by atoms with E-state index in [0.717, 1.165) is 0 Å². The lowest BCUT2D eigenvalue weighted by Gasteiger charge is -2.40. The van der Waals surface area contributed by atoms with Crippen molar-refractivity contribution in [3.8, 4) is 0 Å². The van der Waals surface area contributed by atoms with E-state index < -0.39 is 47.4 Å². The third-order valence-electron chi connectivity index (χ3n) is 5.83. The summed E-state index contributed by atoms with van der Waals surface area (Å²) in [6.07, 6.45) is -0.132. The van der Waals surface area contributed by atoms with Gasteiger partial charge in [-0.1, -0.05) is 27.7 Å². The third kappa shape index (κ3) is 4.87. The van der Waals surface area contributed by atoms with E-state index in [1.54, 1.807) is 0 Å². The molecule has 2 heterocycles. The molecule has 0 aromatic carbocycles. The summed E-state index contributed by atoms with van der Waals surface area (Å²) in [5, 5.41) is 11.7. The Hall–Kier alpha value is -2.13. The van der Waals surface area contributed by atoms with E-state index in [-0.39, 0.29) is 44.3 Å². The predicted molar refractivity (Wildman–Crippen MR) is 106 cm³/mol. The third-order valence-corrected chi connectivity index (χ3v) is 5.83. The van der Waals surface area contributed by atoms with E-state index in [4.69, 9.17) is 23.7 Å². The molecule has 1 spiro atoms. The summed E-state index contributed by atoms with van der Waals surface area (Å²) in [6, 6.07) is 0. The second-order valence-electron chi connectivity index (χ2n) is 9.44. The number of epoxide rings is 1. The molecule has 0 bridgehead atoms. The van der Waals surface area contributed by atoms with Crippen molar-refractivity contribution in [3.05, 3.63) is 11.8 Å². The molecule has 1 N–H and O–H groups in total. The molecule has 2 fully saturated rings. The van der Waals surface area contributed by atoms with Gasteiger partial charge in [0.1, 0.15) is 29.8 Å². The molecule has 31 heavy (non-hydrogen) atoms. The summed E-state index contributed by atoms with van der Waals surface area (Å²) < 4.78 is 27.7. The second-order valence-corrected chi connectivity index (χ2v) is 9.44. The van der Waals surface area contributed by atoms with Gasteiger partial charge in [0.2, 0.25) is 0 Å². The SMILES string of the molecule is CC(=O)O[C@H]1CC2(O)C(COC(=O)CC(C)C)=CO[C@@H](OC(=O)CC(C)C)[C@@H]2[C@@]12CO2. The fourth-order valence-corrected chi connectivity index (χ4v) is 4.41. The van der Waals surface area contributed by atoms with Crippen molar-refractivity contribution < 1.29 is 43.2 Å². The number of aliphatic hydroxyl groups is 1. The van der Waals surface area contributed by atoms with E-state index in [2.05, 4.69) is 0 Å². The lowest BCUT2D eigenvalue weighted by atomic mass is 9.79. The van der Waals surface area contributed by atoms with E-state index in [1.807, 2.05) is 27.7 Å². The molecule has 174 valence electrons. The number of ether oxygens (including phenoxy) is 5. The van der Waals surface area contributed by atoms with Crippen molar-refractivity contribution in [2.75, 3.05) is 13.2 Å². The Morgan fingerprint density at radius 1 is 1.13 bits per heavy atom. The summed E-state index contributed by atoms with van der Waals surface area (Å²) >= 11 is 0. The molecular formula is C22H32O9. The number of carbonyl (C=O) groups excluding carboxylic acids is 3. The summed E-state index contributed by atoms with van der Waals surface area (Å²) in [5.74, 6) is -1.98. The Labute approximate surface area is 182 Å². The normalized spacial score (nSPS) is 33.5. The van der Waals surface area contributed by atoms with Crippen LogP contribution in [0.25, 0.3) is 0 Å². The number of fused-ring (bicyclic) bond motifs is 2. The number of rotatable bonds is 8. The Bertz CT molecular complexity index is 752. The van der Waals surface area contributed by atoms with Gasteiger partial charge in [-0.3, -0.25) is 14.4 Å². The topological polar surface area (TPSA) is 121 Å². The molecule has 0 radical (unpaired) electrons. The van der Waals surface area contributed by atoms with Gasteiger partial charge in [0.15, 0.2) is 0 Å². The van der Waals surface area contributed by atoms with Crippen LogP contribution in [-0.4, -0.2) is 59.8 Å². The fraction of sp³-hybridized carbons (Fsp3) is 0.773. The molecule has 9 heteroatoms. The van der Waals surface area contributed by atoms with Crippen LogP contribution < -0.4 is 0 Å². The lowest BCUT2D eigenvalue weighted by Crippen LogP contribution is -2.53. The molecule has 1 unspecified atom stereocenters. The zero-order valence-electron chi connectivity index (χ0n) is 18.7. The number of hydrogen-bond acceptors (Lipinski definition) is 9.